The molecule has 0 fully saturated rings. The number of rotatable bonds is 5. The third-order valence-corrected chi connectivity index (χ3v) is 3.86. The van der Waals surface area contributed by atoms with E-state index >= 15 is 0 Å². The molecule has 0 amide bonds. The Morgan fingerprint density at radius 2 is 1.79 bits per heavy atom. The van der Waals surface area contributed by atoms with Crippen LogP contribution < -0.4 is 4.74 Å². The Labute approximate surface area is 115 Å². The van der Waals surface area contributed by atoms with E-state index in [1.807, 2.05) is 20.8 Å². The highest BCUT2D eigenvalue weighted by molar-refractivity contribution is 5.57. The topological polar surface area (TPSA) is 49.7 Å². The summed E-state index contributed by atoms with van der Waals surface area (Å²) in [5.74, 6) is 1.11. The van der Waals surface area contributed by atoms with Gasteiger partial charge in [-0.3, -0.25) is 0 Å². The standard InChI is InChI=1S/C16H24O3/c1-7-16(5,18)9-8-13-12(4)15(19-6)11(3)10(2)14(13)17/h7,17-18H,1,8-9H2,2-6H3. The van der Waals surface area contributed by atoms with Gasteiger partial charge >= 0.3 is 0 Å². The Bertz CT molecular complexity index is 488. The normalized spacial score (nSPS) is 14.0. The summed E-state index contributed by atoms with van der Waals surface area (Å²) >= 11 is 0. The molecule has 0 aliphatic rings. The number of benzene rings is 1. The number of methoxy groups -OCH3 is 1. The van der Waals surface area contributed by atoms with Gasteiger partial charge in [-0.1, -0.05) is 6.08 Å². The molecule has 0 heterocycles. The maximum Gasteiger partial charge on any atom is 0.125 e. The molecule has 19 heavy (non-hydrogen) atoms. The zero-order valence-electron chi connectivity index (χ0n) is 12.5. The summed E-state index contributed by atoms with van der Waals surface area (Å²) in [4.78, 5) is 0. The average Bonchev–Trinajstić information content (AvgIpc) is 2.37. The number of aliphatic hydroxyl groups is 1. The zero-order chi connectivity index (χ0) is 14.8. The first-order valence-electron chi connectivity index (χ1n) is 6.46. The summed E-state index contributed by atoms with van der Waals surface area (Å²) in [7, 11) is 1.63. The Kier molecular flexibility index (Phi) is 4.64. The second-order valence-electron chi connectivity index (χ2n) is 5.30. The lowest BCUT2D eigenvalue weighted by Crippen LogP contribution is -2.21. The minimum atomic E-state index is -0.926. The van der Waals surface area contributed by atoms with Crippen LogP contribution in [0, 0.1) is 20.8 Å². The molecule has 0 radical (unpaired) electrons. The molecule has 0 aliphatic heterocycles. The van der Waals surface area contributed by atoms with Gasteiger partial charge in [-0.2, -0.15) is 0 Å². The molecule has 0 saturated carbocycles. The number of phenols is 1. The van der Waals surface area contributed by atoms with Crippen LogP contribution in [0.4, 0.5) is 0 Å². The molecular weight excluding hydrogens is 240 g/mol. The van der Waals surface area contributed by atoms with E-state index in [-0.39, 0.29) is 0 Å². The molecule has 0 saturated heterocycles. The monoisotopic (exact) mass is 264 g/mol. The maximum absolute atomic E-state index is 10.3. The van der Waals surface area contributed by atoms with Crippen LogP contribution in [0.5, 0.6) is 11.5 Å². The third-order valence-electron chi connectivity index (χ3n) is 3.86. The summed E-state index contributed by atoms with van der Waals surface area (Å²) < 4.78 is 5.42. The largest absolute Gasteiger partial charge is 0.507 e. The quantitative estimate of drug-likeness (QED) is 0.803. The van der Waals surface area contributed by atoms with Crippen molar-refractivity contribution >= 4 is 0 Å². The van der Waals surface area contributed by atoms with Crippen LogP contribution in [0.1, 0.15) is 35.6 Å². The third kappa shape index (κ3) is 3.10. The van der Waals surface area contributed by atoms with Crippen LogP contribution in [0.2, 0.25) is 0 Å². The predicted octanol–water partition coefficient (Wildman–Crippen LogP) is 3.20. The lowest BCUT2D eigenvalue weighted by molar-refractivity contribution is 0.102. The first kappa shape index (κ1) is 15.6. The SMILES string of the molecule is C=CC(C)(O)CCc1c(C)c(OC)c(C)c(C)c1O. The van der Waals surface area contributed by atoms with Gasteiger partial charge in [0.25, 0.3) is 0 Å². The molecule has 3 nitrogen and oxygen atoms in total. The molecule has 1 unspecified atom stereocenters. The molecule has 1 atom stereocenters. The lowest BCUT2D eigenvalue weighted by atomic mass is 9.90. The fourth-order valence-corrected chi connectivity index (χ4v) is 2.26. The molecule has 1 aromatic rings. The van der Waals surface area contributed by atoms with Gasteiger partial charge in [0, 0.05) is 5.56 Å². The molecule has 0 aliphatic carbocycles. The van der Waals surface area contributed by atoms with Crippen molar-refractivity contribution in [2.75, 3.05) is 7.11 Å². The number of ether oxygens (including phenoxy) is 1. The summed E-state index contributed by atoms with van der Waals surface area (Å²) in [5.41, 5.74) is 2.63. The van der Waals surface area contributed by atoms with E-state index in [4.69, 9.17) is 4.74 Å². The van der Waals surface area contributed by atoms with Gasteiger partial charge in [0.05, 0.1) is 12.7 Å². The average molecular weight is 264 g/mol. The van der Waals surface area contributed by atoms with E-state index in [1.165, 1.54) is 6.08 Å². The Morgan fingerprint density at radius 1 is 1.21 bits per heavy atom. The van der Waals surface area contributed by atoms with E-state index in [1.54, 1.807) is 14.0 Å². The van der Waals surface area contributed by atoms with Crippen molar-refractivity contribution in [3.63, 3.8) is 0 Å². The summed E-state index contributed by atoms with van der Waals surface area (Å²) in [6, 6.07) is 0. The van der Waals surface area contributed by atoms with Crippen molar-refractivity contribution in [3.8, 4) is 11.5 Å². The molecule has 0 bridgehead atoms. The van der Waals surface area contributed by atoms with Crippen molar-refractivity contribution in [2.24, 2.45) is 0 Å². The van der Waals surface area contributed by atoms with E-state index < -0.39 is 5.60 Å². The second-order valence-corrected chi connectivity index (χ2v) is 5.30. The van der Waals surface area contributed by atoms with Gasteiger partial charge < -0.3 is 14.9 Å². The Hall–Kier alpha value is -1.48. The Morgan fingerprint density at radius 3 is 2.26 bits per heavy atom. The summed E-state index contributed by atoms with van der Waals surface area (Å²) in [5, 5.41) is 20.3. The van der Waals surface area contributed by atoms with Gasteiger partial charge in [0.1, 0.15) is 11.5 Å². The van der Waals surface area contributed by atoms with E-state index in [2.05, 4.69) is 6.58 Å². The molecule has 2 N–H and O–H groups in total. The summed E-state index contributed by atoms with van der Waals surface area (Å²) in [6.07, 6.45) is 2.61. The predicted molar refractivity (Wildman–Crippen MR) is 78.0 cm³/mol. The minimum absolute atomic E-state index is 0.302. The van der Waals surface area contributed by atoms with Gasteiger partial charge in [-0.25, -0.2) is 0 Å². The van der Waals surface area contributed by atoms with Crippen LogP contribution >= 0.6 is 0 Å². The van der Waals surface area contributed by atoms with Crippen molar-refractivity contribution < 1.29 is 14.9 Å². The van der Waals surface area contributed by atoms with Crippen molar-refractivity contribution in [1.29, 1.82) is 0 Å². The number of phenolic OH excluding ortho intramolecular Hbond substituents is 1. The maximum atomic E-state index is 10.3. The second kappa shape index (κ2) is 5.66. The van der Waals surface area contributed by atoms with E-state index in [9.17, 15) is 10.2 Å². The number of hydrogen-bond donors (Lipinski definition) is 2. The number of hydrogen-bond acceptors (Lipinski definition) is 3. The van der Waals surface area contributed by atoms with Crippen molar-refractivity contribution in [2.45, 2.75) is 46.1 Å². The fourth-order valence-electron chi connectivity index (χ4n) is 2.26. The smallest absolute Gasteiger partial charge is 0.125 e. The first-order chi connectivity index (χ1) is 8.75. The van der Waals surface area contributed by atoms with Gasteiger partial charge in [0.2, 0.25) is 0 Å². The molecule has 0 aromatic heterocycles. The van der Waals surface area contributed by atoms with E-state index in [0.29, 0.717) is 18.6 Å². The first-order valence-corrected chi connectivity index (χ1v) is 6.46. The molecule has 0 spiro atoms. The highest BCUT2D eigenvalue weighted by atomic mass is 16.5. The van der Waals surface area contributed by atoms with Crippen molar-refractivity contribution in [1.82, 2.24) is 0 Å². The highest BCUT2D eigenvalue weighted by Gasteiger charge is 2.21. The van der Waals surface area contributed by atoms with Crippen LogP contribution in [0.25, 0.3) is 0 Å². The molecule has 106 valence electrons. The fraction of sp³-hybridized carbons (Fsp3) is 0.500. The van der Waals surface area contributed by atoms with Crippen LogP contribution in [0.15, 0.2) is 12.7 Å². The number of aromatic hydroxyl groups is 1. The molecular formula is C16H24O3. The molecule has 1 rings (SSSR count). The molecule has 3 heteroatoms. The van der Waals surface area contributed by atoms with Crippen LogP contribution in [-0.2, 0) is 6.42 Å². The minimum Gasteiger partial charge on any atom is -0.507 e. The highest BCUT2D eigenvalue weighted by Crippen LogP contribution is 2.38. The van der Waals surface area contributed by atoms with E-state index in [0.717, 1.165) is 28.0 Å². The van der Waals surface area contributed by atoms with Crippen LogP contribution in [0.3, 0.4) is 0 Å². The van der Waals surface area contributed by atoms with Gasteiger partial charge in [-0.15, -0.1) is 6.58 Å². The summed E-state index contributed by atoms with van der Waals surface area (Å²) in [6.45, 7) is 11.1. The Balaban J connectivity index is 3.21. The van der Waals surface area contributed by atoms with Gasteiger partial charge in [0.15, 0.2) is 0 Å². The zero-order valence-corrected chi connectivity index (χ0v) is 12.5. The van der Waals surface area contributed by atoms with Gasteiger partial charge in [-0.05, 0) is 57.2 Å². The van der Waals surface area contributed by atoms with Crippen LogP contribution in [-0.4, -0.2) is 22.9 Å². The van der Waals surface area contributed by atoms with Crippen molar-refractivity contribution in [3.05, 3.63) is 34.9 Å². The lowest BCUT2D eigenvalue weighted by Gasteiger charge is -2.22. The molecule has 1 aromatic carbocycles.